The van der Waals surface area contributed by atoms with Crippen LogP contribution in [-0.4, -0.2) is 36.4 Å². The fourth-order valence-corrected chi connectivity index (χ4v) is 2.43. The fourth-order valence-electron chi connectivity index (χ4n) is 2.43. The first-order valence-electron chi connectivity index (χ1n) is 6.69. The van der Waals surface area contributed by atoms with Crippen molar-refractivity contribution in [1.29, 1.82) is 0 Å². The standard InChI is InChI=1S/C15H21NO3/c1-12-3-2-4-13(9-12)10-14(18)16-15(11-17)5-7-19-8-6-15/h2-4,9,17H,5-8,10-11H2,1H3,(H,16,18). The number of benzene rings is 1. The van der Waals surface area contributed by atoms with E-state index in [1.807, 2.05) is 31.2 Å². The number of rotatable bonds is 4. The van der Waals surface area contributed by atoms with Crippen molar-refractivity contribution in [3.8, 4) is 0 Å². The number of amides is 1. The highest BCUT2D eigenvalue weighted by atomic mass is 16.5. The van der Waals surface area contributed by atoms with Gasteiger partial charge in [0.15, 0.2) is 0 Å². The van der Waals surface area contributed by atoms with Gasteiger partial charge in [0.2, 0.25) is 5.91 Å². The number of hydrogen-bond donors (Lipinski definition) is 2. The van der Waals surface area contributed by atoms with Crippen LogP contribution in [0.2, 0.25) is 0 Å². The molecule has 1 fully saturated rings. The molecule has 4 nitrogen and oxygen atoms in total. The average molecular weight is 263 g/mol. The summed E-state index contributed by atoms with van der Waals surface area (Å²) in [5, 5.41) is 12.5. The van der Waals surface area contributed by atoms with Gasteiger partial charge in [-0.05, 0) is 25.3 Å². The molecule has 19 heavy (non-hydrogen) atoms. The Morgan fingerprint density at radius 3 is 2.79 bits per heavy atom. The van der Waals surface area contributed by atoms with E-state index in [4.69, 9.17) is 4.74 Å². The lowest BCUT2D eigenvalue weighted by molar-refractivity contribution is -0.124. The number of nitrogens with one attached hydrogen (secondary N) is 1. The lowest BCUT2D eigenvalue weighted by atomic mass is 9.90. The highest BCUT2D eigenvalue weighted by Gasteiger charge is 2.33. The van der Waals surface area contributed by atoms with E-state index < -0.39 is 5.54 Å². The van der Waals surface area contributed by atoms with E-state index in [0.717, 1.165) is 11.1 Å². The Kier molecular flexibility index (Phi) is 4.56. The molecule has 1 aliphatic heterocycles. The lowest BCUT2D eigenvalue weighted by Crippen LogP contribution is -2.55. The van der Waals surface area contributed by atoms with Crippen LogP contribution in [0.5, 0.6) is 0 Å². The molecular weight excluding hydrogens is 242 g/mol. The first-order valence-corrected chi connectivity index (χ1v) is 6.69. The van der Waals surface area contributed by atoms with E-state index in [-0.39, 0.29) is 12.5 Å². The van der Waals surface area contributed by atoms with E-state index in [0.29, 0.717) is 32.5 Å². The third-order valence-electron chi connectivity index (χ3n) is 3.60. The molecule has 2 N–H and O–H groups in total. The maximum absolute atomic E-state index is 12.1. The van der Waals surface area contributed by atoms with Crippen molar-refractivity contribution in [2.24, 2.45) is 0 Å². The summed E-state index contributed by atoms with van der Waals surface area (Å²) in [5.41, 5.74) is 1.64. The van der Waals surface area contributed by atoms with Crippen molar-refractivity contribution in [1.82, 2.24) is 5.32 Å². The Morgan fingerprint density at radius 2 is 2.16 bits per heavy atom. The second-order valence-corrected chi connectivity index (χ2v) is 5.26. The lowest BCUT2D eigenvalue weighted by Gasteiger charge is -2.36. The summed E-state index contributed by atoms with van der Waals surface area (Å²) in [5.74, 6) is -0.0402. The molecule has 0 saturated carbocycles. The smallest absolute Gasteiger partial charge is 0.224 e. The Morgan fingerprint density at radius 1 is 1.42 bits per heavy atom. The molecule has 0 bridgehead atoms. The largest absolute Gasteiger partial charge is 0.394 e. The Labute approximate surface area is 113 Å². The topological polar surface area (TPSA) is 58.6 Å². The summed E-state index contributed by atoms with van der Waals surface area (Å²) in [4.78, 5) is 12.1. The molecule has 1 saturated heterocycles. The molecule has 0 aromatic heterocycles. The molecule has 0 atom stereocenters. The zero-order valence-corrected chi connectivity index (χ0v) is 11.3. The molecule has 1 aromatic carbocycles. The number of carbonyl (C=O) groups is 1. The van der Waals surface area contributed by atoms with Gasteiger partial charge in [-0.3, -0.25) is 4.79 Å². The third-order valence-corrected chi connectivity index (χ3v) is 3.60. The van der Waals surface area contributed by atoms with Crippen molar-refractivity contribution in [2.45, 2.75) is 31.7 Å². The monoisotopic (exact) mass is 263 g/mol. The SMILES string of the molecule is Cc1cccc(CC(=O)NC2(CO)CCOCC2)c1. The minimum atomic E-state index is -0.501. The fraction of sp³-hybridized carbons (Fsp3) is 0.533. The number of ether oxygens (including phenoxy) is 1. The van der Waals surface area contributed by atoms with Gasteiger partial charge in [0.1, 0.15) is 0 Å². The van der Waals surface area contributed by atoms with Crippen LogP contribution in [0.25, 0.3) is 0 Å². The van der Waals surface area contributed by atoms with Gasteiger partial charge in [-0.15, -0.1) is 0 Å². The van der Waals surface area contributed by atoms with Crippen molar-refractivity contribution >= 4 is 5.91 Å². The van der Waals surface area contributed by atoms with E-state index in [9.17, 15) is 9.90 Å². The zero-order valence-electron chi connectivity index (χ0n) is 11.3. The van der Waals surface area contributed by atoms with Crippen molar-refractivity contribution in [3.63, 3.8) is 0 Å². The number of aryl methyl sites for hydroxylation is 1. The van der Waals surface area contributed by atoms with Crippen LogP contribution in [0.15, 0.2) is 24.3 Å². The van der Waals surface area contributed by atoms with Gasteiger partial charge in [0, 0.05) is 13.2 Å². The summed E-state index contributed by atoms with van der Waals surface area (Å²) >= 11 is 0. The van der Waals surface area contributed by atoms with Gasteiger partial charge in [-0.1, -0.05) is 29.8 Å². The van der Waals surface area contributed by atoms with Gasteiger partial charge in [-0.25, -0.2) is 0 Å². The van der Waals surface area contributed by atoms with Crippen molar-refractivity contribution < 1.29 is 14.6 Å². The minimum absolute atomic E-state index is 0.0318. The first kappa shape index (κ1) is 14.0. The molecular formula is C15H21NO3. The van der Waals surface area contributed by atoms with Crippen LogP contribution >= 0.6 is 0 Å². The molecule has 2 rings (SSSR count). The molecule has 104 valence electrons. The zero-order chi connectivity index (χ0) is 13.7. The van der Waals surface area contributed by atoms with Gasteiger partial charge < -0.3 is 15.2 Å². The second kappa shape index (κ2) is 6.17. The minimum Gasteiger partial charge on any atom is -0.394 e. The number of carbonyl (C=O) groups excluding carboxylic acids is 1. The van der Waals surface area contributed by atoms with E-state index >= 15 is 0 Å². The number of aliphatic hydroxyl groups is 1. The normalized spacial score (nSPS) is 18.0. The summed E-state index contributed by atoms with van der Waals surface area (Å²) < 4.78 is 5.28. The Balaban J connectivity index is 1.96. The van der Waals surface area contributed by atoms with Crippen LogP contribution in [0.4, 0.5) is 0 Å². The predicted molar refractivity (Wildman–Crippen MR) is 72.9 cm³/mol. The third kappa shape index (κ3) is 3.78. The first-order chi connectivity index (χ1) is 9.13. The van der Waals surface area contributed by atoms with Crippen LogP contribution in [0.3, 0.4) is 0 Å². The molecule has 0 radical (unpaired) electrons. The van der Waals surface area contributed by atoms with Crippen molar-refractivity contribution in [2.75, 3.05) is 19.8 Å². The molecule has 4 heteroatoms. The van der Waals surface area contributed by atoms with Crippen LogP contribution in [-0.2, 0) is 16.0 Å². The van der Waals surface area contributed by atoms with E-state index in [1.165, 1.54) is 0 Å². The second-order valence-electron chi connectivity index (χ2n) is 5.26. The molecule has 1 aromatic rings. The Hall–Kier alpha value is -1.39. The predicted octanol–water partition coefficient (Wildman–Crippen LogP) is 1.20. The van der Waals surface area contributed by atoms with Crippen LogP contribution in [0.1, 0.15) is 24.0 Å². The molecule has 0 unspecified atom stereocenters. The van der Waals surface area contributed by atoms with Crippen molar-refractivity contribution in [3.05, 3.63) is 35.4 Å². The van der Waals surface area contributed by atoms with Crippen LogP contribution < -0.4 is 5.32 Å². The molecule has 0 spiro atoms. The summed E-state index contributed by atoms with van der Waals surface area (Å²) in [7, 11) is 0. The number of hydrogen-bond acceptors (Lipinski definition) is 3. The average Bonchev–Trinajstić information content (AvgIpc) is 2.39. The highest BCUT2D eigenvalue weighted by molar-refractivity contribution is 5.79. The number of aliphatic hydroxyl groups excluding tert-OH is 1. The summed E-state index contributed by atoms with van der Waals surface area (Å²) in [6.45, 7) is 3.15. The molecule has 1 heterocycles. The molecule has 1 aliphatic rings. The Bertz CT molecular complexity index is 439. The summed E-state index contributed by atoms with van der Waals surface area (Å²) in [6.07, 6.45) is 1.69. The molecule has 0 aliphatic carbocycles. The van der Waals surface area contributed by atoms with E-state index in [1.54, 1.807) is 0 Å². The van der Waals surface area contributed by atoms with Gasteiger partial charge >= 0.3 is 0 Å². The molecule has 1 amide bonds. The van der Waals surface area contributed by atoms with Crippen LogP contribution in [0, 0.1) is 6.92 Å². The quantitative estimate of drug-likeness (QED) is 0.858. The highest BCUT2D eigenvalue weighted by Crippen LogP contribution is 2.20. The summed E-state index contributed by atoms with van der Waals surface area (Å²) in [6, 6.07) is 7.92. The van der Waals surface area contributed by atoms with E-state index in [2.05, 4.69) is 5.32 Å². The van der Waals surface area contributed by atoms with Gasteiger partial charge in [-0.2, -0.15) is 0 Å². The maximum Gasteiger partial charge on any atom is 0.224 e. The van der Waals surface area contributed by atoms with Gasteiger partial charge in [0.05, 0.1) is 18.6 Å². The maximum atomic E-state index is 12.1. The van der Waals surface area contributed by atoms with Gasteiger partial charge in [0.25, 0.3) is 0 Å².